The molecule has 0 aromatic heterocycles. The number of benzene rings is 2. The van der Waals surface area contributed by atoms with Crippen LogP contribution < -0.4 is 24.8 Å². The molecule has 0 saturated heterocycles. The number of aliphatic imine (C=N–C) groups is 1. The Balaban J connectivity index is 2.04. The minimum Gasteiger partial charge on any atom is -0.493 e. The molecule has 6 nitrogen and oxygen atoms in total. The van der Waals surface area contributed by atoms with Gasteiger partial charge < -0.3 is 24.8 Å². The quantitative estimate of drug-likeness (QED) is 0.552. The van der Waals surface area contributed by atoms with Crippen molar-refractivity contribution in [1.82, 2.24) is 5.32 Å². The summed E-state index contributed by atoms with van der Waals surface area (Å²) in [5.74, 6) is 1.79. The van der Waals surface area contributed by atoms with Crippen molar-refractivity contribution in [3.63, 3.8) is 0 Å². The Morgan fingerprint density at radius 3 is 2.26 bits per heavy atom. The van der Waals surface area contributed by atoms with Crippen LogP contribution in [0, 0.1) is 5.82 Å². The van der Waals surface area contributed by atoms with E-state index in [0.29, 0.717) is 41.2 Å². The highest BCUT2D eigenvalue weighted by molar-refractivity contribution is 6.31. The van der Waals surface area contributed by atoms with E-state index in [9.17, 15) is 4.39 Å². The van der Waals surface area contributed by atoms with E-state index in [2.05, 4.69) is 15.6 Å². The molecule has 0 bridgehead atoms. The zero-order chi connectivity index (χ0) is 19.8. The number of nitrogens with zero attached hydrogens (tertiary/aromatic N) is 1. The molecule has 0 aliphatic carbocycles. The molecule has 0 fully saturated rings. The lowest BCUT2D eigenvalue weighted by molar-refractivity contribution is 0.324. The minimum atomic E-state index is -0.350. The Morgan fingerprint density at radius 1 is 1.07 bits per heavy atom. The molecule has 0 spiro atoms. The number of halogens is 2. The van der Waals surface area contributed by atoms with Crippen molar-refractivity contribution in [2.45, 2.75) is 6.42 Å². The van der Waals surface area contributed by atoms with Crippen molar-refractivity contribution in [1.29, 1.82) is 0 Å². The molecule has 0 saturated carbocycles. The maximum Gasteiger partial charge on any atom is 0.203 e. The third kappa shape index (κ3) is 5.40. The first-order chi connectivity index (χ1) is 13.0. The van der Waals surface area contributed by atoms with Gasteiger partial charge in [0.1, 0.15) is 5.82 Å². The Labute approximate surface area is 163 Å². The van der Waals surface area contributed by atoms with Crippen molar-refractivity contribution >= 4 is 23.2 Å². The molecule has 2 aromatic carbocycles. The molecule has 0 aliphatic rings. The molecule has 2 N–H and O–H groups in total. The van der Waals surface area contributed by atoms with E-state index < -0.39 is 0 Å². The van der Waals surface area contributed by atoms with Gasteiger partial charge in [0.05, 0.1) is 21.3 Å². The summed E-state index contributed by atoms with van der Waals surface area (Å²) in [5.41, 5.74) is 1.58. The molecule has 0 aliphatic heterocycles. The fraction of sp³-hybridized carbons (Fsp3) is 0.316. The average Bonchev–Trinajstić information content (AvgIpc) is 2.67. The fourth-order valence-electron chi connectivity index (χ4n) is 2.51. The van der Waals surface area contributed by atoms with Crippen LogP contribution in [-0.2, 0) is 6.42 Å². The van der Waals surface area contributed by atoms with E-state index in [1.165, 1.54) is 12.1 Å². The SMILES string of the molecule is CN=C(NCCc1ccc(F)cc1Cl)Nc1cc(OC)c(OC)c(OC)c1. The maximum absolute atomic E-state index is 13.1. The van der Waals surface area contributed by atoms with Gasteiger partial charge in [0.2, 0.25) is 5.75 Å². The van der Waals surface area contributed by atoms with Gasteiger partial charge in [0.25, 0.3) is 0 Å². The summed E-state index contributed by atoms with van der Waals surface area (Å²) in [6.07, 6.45) is 0.620. The molecule has 0 atom stereocenters. The van der Waals surface area contributed by atoms with E-state index in [1.807, 2.05) is 0 Å². The summed E-state index contributed by atoms with van der Waals surface area (Å²) in [5, 5.41) is 6.76. The topological polar surface area (TPSA) is 64.1 Å². The average molecular weight is 396 g/mol. The second-order valence-corrected chi connectivity index (χ2v) is 5.93. The lowest BCUT2D eigenvalue weighted by Crippen LogP contribution is -2.32. The molecule has 27 heavy (non-hydrogen) atoms. The van der Waals surface area contributed by atoms with Crippen LogP contribution in [0.3, 0.4) is 0 Å². The first-order valence-electron chi connectivity index (χ1n) is 8.24. The van der Waals surface area contributed by atoms with Crippen LogP contribution in [0.5, 0.6) is 17.2 Å². The van der Waals surface area contributed by atoms with Gasteiger partial charge in [-0.05, 0) is 24.1 Å². The number of methoxy groups -OCH3 is 3. The number of hydrogen-bond acceptors (Lipinski definition) is 4. The van der Waals surface area contributed by atoms with Crippen LogP contribution in [0.15, 0.2) is 35.3 Å². The molecular formula is C19H23ClFN3O3. The molecular weight excluding hydrogens is 373 g/mol. The van der Waals surface area contributed by atoms with Crippen molar-refractivity contribution in [3.05, 3.63) is 46.7 Å². The number of ether oxygens (including phenoxy) is 3. The van der Waals surface area contributed by atoms with Crippen LogP contribution in [0.25, 0.3) is 0 Å². The Bertz CT molecular complexity index is 790. The van der Waals surface area contributed by atoms with Crippen molar-refractivity contribution in [3.8, 4) is 17.2 Å². The summed E-state index contributed by atoms with van der Waals surface area (Å²) in [6.45, 7) is 0.565. The molecule has 0 unspecified atom stereocenters. The van der Waals surface area contributed by atoms with Crippen LogP contribution in [0.2, 0.25) is 5.02 Å². The number of hydrogen-bond donors (Lipinski definition) is 2. The second-order valence-electron chi connectivity index (χ2n) is 5.52. The zero-order valence-corrected chi connectivity index (χ0v) is 16.5. The molecule has 146 valence electrons. The van der Waals surface area contributed by atoms with Gasteiger partial charge in [-0.2, -0.15) is 0 Å². The first-order valence-corrected chi connectivity index (χ1v) is 8.61. The predicted octanol–water partition coefficient (Wildman–Crippen LogP) is 3.73. The largest absolute Gasteiger partial charge is 0.493 e. The van der Waals surface area contributed by atoms with Crippen LogP contribution in [0.4, 0.5) is 10.1 Å². The predicted molar refractivity (Wildman–Crippen MR) is 106 cm³/mol. The van der Waals surface area contributed by atoms with Crippen LogP contribution >= 0.6 is 11.6 Å². The third-order valence-electron chi connectivity index (χ3n) is 3.85. The third-order valence-corrected chi connectivity index (χ3v) is 4.20. The molecule has 2 rings (SSSR count). The molecule has 0 radical (unpaired) electrons. The Morgan fingerprint density at radius 2 is 1.74 bits per heavy atom. The van der Waals surface area contributed by atoms with Crippen molar-refractivity contribution < 1.29 is 18.6 Å². The second kappa shape index (κ2) is 9.87. The Kier molecular flexibility index (Phi) is 7.55. The molecule has 0 heterocycles. The van der Waals surface area contributed by atoms with Gasteiger partial charge >= 0.3 is 0 Å². The van der Waals surface area contributed by atoms with E-state index in [0.717, 1.165) is 11.3 Å². The highest BCUT2D eigenvalue weighted by atomic mass is 35.5. The normalized spacial score (nSPS) is 11.1. The van der Waals surface area contributed by atoms with Gasteiger partial charge in [-0.15, -0.1) is 0 Å². The summed E-state index contributed by atoms with van der Waals surface area (Å²) in [6, 6.07) is 7.94. The van der Waals surface area contributed by atoms with Gasteiger partial charge in [-0.3, -0.25) is 4.99 Å². The van der Waals surface area contributed by atoms with Gasteiger partial charge in [0, 0.05) is 36.4 Å². The minimum absolute atomic E-state index is 0.350. The van der Waals surface area contributed by atoms with E-state index in [1.54, 1.807) is 46.6 Å². The van der Waals surface area contributed by atoms with E-state index in [-0.39, 0.29) is 5.82 Å². The smallest absolute Gasteiger partial charge is 0.203 e. The van der Waals surface area contributed by atoms with E-state index in [4.69, 9.17) is 25.8 Å². The maximum atomic E-state index is 13.1. The summed E-state index contributed by atoms with van der Waals surface area (Å²) < 4.78 is 29.1. The summed E-state index contributed by atoms with van der Waals surface area (Å²) in [7, 11) is 6.33. The van der Waals surface area contributed by atoms with Gasteiger partial charge in [-0.1, -0.05) is 17.7 Å². The molecule has 2 aromatic rings. The van der Waals surface area contributed by atoms with Gasteiger partial charge in [-0.25, -0.2) is 4.39 Å². The van der Waals surface area contributed by atoms with Crippen LogP contribution in [0.1, 0.15) is 5.56 Å². The number of rotatable bonds is 7. The first kappa shape index (κ1) is 20.6. The number of anilines is 1. The zero-order valence-electron chi connectivity index (χ0n) is 15.7. The standard InChI is InChI=1S/C19H23ClFN3O3/c1-22-19(23-8-7-12-5-6-13(21)9-15(12)20)24-14-10-16(25-2)18(27-4)17(11-14)26-3/h5-6,9-11H,7-8H2,1-4H3,(H2,22,23,24). The number of nitrogens with one attached hydrogen (secondary N) is 2. The van der Waals surface area contributed by atoms with Crippen molar-refractivity contribution in [2.24, 2.45) is 4.99 Å². The molecule has 8 heteroatoms. The monoisotopic (exact) mass is 395 g/mol. The lowest BCUT2D eigenvalue weighted by atomic mass is 10.1. The van der Waals surface area contributed by atoms with Gasteiger partial charge in [0.15, 0.2) is 17.5 Å². The van der Waals surface area contributed by atoms with E-state index >= 15 is 0 Å². The summed E-state index contributed by atoms with van der Waals surface area (Å²) in [4.78, 5) is 4.19. The van der Waals surface area contributed by atoms with Crippen LogP contribution in [-0.4, -0.2) is 40.9 Å². The Hall–Kier alpha value is -2.67. The highest BCUT2D eigenvalue weighted by Crippen LogP contribution is 2.39. The fourth-order valence-corrected chi connectivity index (χ4v) is 2.77. The lowest BCUT2D eigenvalue weighted by Gasteiger charge is -2.16. The van der Waals surface area contributed by atoms with Crippen molar-refractivity contribution in [2.75, 3.05) is 40.2 Å². The number of guanidine groups is 1. The summed E-state index contributed by atoms with van der Waals surface area (Å²) >= 11 is 6.05. The highest BCUT2D eigenvalue weighted by Gasteiger charge is 2.14. The molecule has 0 amide bonds.